The minimum atomic E-state index is 0.00679. The fourth-order valence-corrected chi connectivity index (χ4v) is 3.63. The molecule has 3 aromatic rings. The van der Waals surface area contributed by atoms with Crippen molar-refractivity contribution in [2.75, 3.05) is 18.0 Å². The number of aromatic nitrogens is 4. The van der Waals surface area contributed by atoms with Crippen LogP contribution in [0.25, 0.3) is 10.9 Å². The molecule has 4 rings (SSSR count). The van der Waals surface area contributed by atoms with Gasteiger partial charge in [0.15, 0.2) is 5.82 Å². The number of nitrogens with zero attached hydrogens (tertiary/aromatic N) is 4. The quantitative estimate of drug-likeness (QED) is 0.733. The molecule has 0 unspecified atom stereocenters. The predicted octanol–water partition coefficient (Wildman–Crippen LogP) is 1.90. The van der Waals surface area contributed by atoms with Gasteiger partial charge in [-0.3, -0.25) is 9.89 Å². The third-order valence-electron chi connectivity index (χ3n) is 5.17. The lowest BCUT2D eigenvalue weighted by atomic mass is 10.0. The van der Waals surface area contributed by atoms with Gasteiger partial charge in [-0.15, -0.1) is 0 Å². The van der Waals surface area contributed by atoms with E-state index in [1.807, 2.05) is 13.1 Å². The van der Waals surface area contributed by atoms with Gasteiger partial charge in [-0.25, -0.2) is 4.98 Å². The number of nitrogens with one attached hydrogen (secondary N) is 2. The number of hydrogen-bond donors (Lipinski definition) is 2. The zero-order valence-electron chi connectivity index (χ0n) is 15.0. The van der Waals surface area contributed by atoms with Crippen LogP contribution in [0.15, 0.2) is 41.6 Å². The van der Waals surface area contributed by atoms with Crippen LogP contribution in [-0.4, -0.2) is 38.9 Å². The minimum absolute atomic E-state index is 0.00679. The van der Waals surface area contributed by atoms with Crippen LogP contribution in [0.5, 0.6) is 0 Å². The van der Waals surface area contributed by atoms with Gasteiger partial charge in [0.2, 0.25) is 0 Å². The van der Waals surface area contributed by atoms with Crippen molar-refractivity contribution < 1.29 is 0 Å². The maximum absolute atomic E-state index is 12.4. The van der Waals surface area contributed by atoms with Gasteiger partial charge in [0.25, 0.3) is 5.56 Å². The van der Waals surface area contributed by atoms with Crippen molar-refractivity contribution >= 4 is 16.7 Å². The molecule has 3 heterocycles. The maximum Gasteiger partial charge on any atom is 0.293 e. The van der Waals surface area contributed by atoms with Crippen molar-refractivity contribution in [1.82, 2.24) is 25.1 Å². The van der Waals surface area contributed by atoms with E-state index in [1.165, 1.54) is 5.56 Å². The summed E-state index contributed by atoms with van der Waals surface area (Å²) in [6.07, 6.45) is 7.32. The minimum Gasteiger partial charge on any atom is -0.352 e. The van der Waals surface area contributed by atoms with Crippen LogP contribution in [0.1, 0.15) is 25.3 Å². The van der Waals surface area contributed by atoms with E-state index >= 15 is 0 Å². The summed E-state index contributed by atoms with van der Waals surface area (Å²) in [5, 5.41) is 12.0. The summed E-state index contributed by atoms with van der Waals surface area (Å²) in [6, 6.07) is 6.71. The molecular weight excluding hydrogens is 328 g/mol. The summed E-state index contributed by atoms with van der Waals surface area (Å²) in [6.45, 7) is 5.16. The van der Waals surface area contributed by atoms with Crippen molar-refractivity contribution in [2.45, 2.75) is 38.9 Å². The number of anilines is 1. The second-order valence-electron chi connectivity index (χ2n) is 6.74. The molecule has 1 saturated heterocycles. The molecule has 7 nitrogen and oxygen atoms in total. The van der Waals surface area contributed by atoms with Crippen molar-refractivity contribution in [3.05, 3.63) is 52.7 Å². The van der Waals surface area contributed by atoms with E-state index in [9.17, 15) is 4.79 Å². The average molecular weight is 352 g/mol. The molecule has 0 radical (unpaired) electrons. The number of fused-ring (bicyclic) bond motifs is 1. The molecule has 0 aliphatic carbocycles. The third kappa shape index (κ3) is 3.22. The number of para-hydroxylation sites is 1. The number of benzene rings is 1. The zero-order valence-corrected chi connectivity index (χ0v) is 15.0. The summed E-state index contributed by atoms with van der Waals surface area (Å²) >= 11 is 0. The summed E-state index contributed by atoms with van der Waals surface area (Å²) in [7, 11) is 0. The van der Waals surface area contributed by atoms with Crippen molar-refractivity contribution in [3.8, 4) is 0 Å². The number of aromatic amines is 1. The first-order valence-electron chi connectivity index (χ1n) is 9.21. The van der Waals surface area contributed by atoms with Gasteiger partial charge in [-0.05, 0) is 25.3 Å². The SMILES string of the molecule is CCn1ccnc(N2CCC(NCc3cccc4cn[nH]c34)CC2)c1=O. The smallest absolute Gasteiger partial charge is 0.293 e. The summed E-state index contributed by atoms with van der Waals surface area (Å²) in [4.78, 5) is 18.9. The Morgan fingerprint density at radius 1 is 1.31 bits per heavy atom. The molecule has 0 bridgehead atoms. The van der Waals surface area contributed by atoms with E-state index in [-0.39, 0.29) is 5.56 Å². The Hall–Kier alpha value is -2.67. The molecule has 0 amide bonds. The second-order valence-corrected chi connectivity index (χ2v) is 6.74. The van der Waals surface area contributed by atoms with Crippen LogP contribution in [0, 0.1) is 0 Å². The zero-order chi connectivity index (χ0) is 17.9. The lowest BCUT2D eigenvalue weighted by Gasteiger charge is -2.33. The molecule has 7 heteroatoms. The van der Waals surface area contributed by atoms with Gasteiger partial charge in [0.05, 0.1) is 11.7 Å². The summed E-state index contributed by atoms with van der Waals surface area (Å²) in [5.74, 6) is 0.579. The van der Waals surface area contributed by atoms with E-state index in [0.717, 1.165) is 43.4 Å². The molecule has 1 aliphatic rings. The van der Waals surface area contributed by atoms with E-state index in [1.54, 1.807) is 17.0 Å². The number of rotatable bonds is 5. The van der Waals surface area contributed by atoms with Crippen LogP contribution < -0.4 is 15.8 Å². The van der Waals surface area contributed by atoms with Gasteiger partial charge >= 0.3 is 0 Å². The highest BCUT2D eigenvalue weighted by Crippen LogP contribution is 2.18. The monoisotopic (exact) mass is 352 g/mol. The standard InChI is InChI=1S/C19H24N6O/c1-2-24-11-8-20-18(19(24)26)25-9-6-16(7-10-25)21-12-14-4-3-5-15-13-22-23-17(14)15/h3-5,8,11,13,16,21H,2,6-7,9-10,12H2,1H3,(H,22,23). The average Bonchev–Trinajstić information content (AvgIpc) is 3.16. The Kier molecular flexibility index (Phi) is 4.71. The van der Waals surface area contributed by atoms with Gasteiger partial charge in [0.1, 0.15) is 0 Å². The number of hydrogen-bond acceptors (Lipinski definition) is 5. The molecule has 0 atom stereocenters. The molecule has 1 aliphatic heterocycles. The van der Waals surface area contributed by atoms with Gasteiger partial charge in [-0.2, -0.15) is 5.10 Å². The number of aryl methyl sites for hydroxylation is 1. The van der Waals surface area contributed by atoms with Gasteiger partial charge in [-0.1, -0.05) is 18.2 Å². The van der Waals surface area contributed by atoms with Crippen molar-refractivity contribution in [2.24, 2.45) is 0 Å². The Labute approximate surface area is 152 Å². The molecule has 1 fully saturated rings. The van der Waals surface area contributed by atoms with Crippen LogP contribution in [0.4, 0.5) is 5.82 Å². The van der Waals surface area contributed by atoms with Crippen molar-refractivity contribution in [1.29, 1.82) is 0 Å². The van der Waals surface area contributed by atoms with E-state index in [0.29, 0.717) is 18.4 Å². The Balaban J connectivity index is 1.37. The first-order chi connectivity index (χ1) is 12.8. The molecule has 2 aromatic heterocycles. The molecule has 0 saturated carbocycles. The van der Waals surface area contributed by atoms with E-state index in [2.05, 4.69) is 43.6 Å². The molecule has 0 spiro atoms. The molecular formula is C19H24N6O. The number of H-pyrrole nitrogens is 1. The highest BCUT2D eigenvalue weighted by atomic mass is 16.1. The maximum atomic E-state index is 12.4. The van der Waals surface area contributed by atoms with E-state index < -0.39 is 0 Å². The first-order valence-corrected chi connectivity index (χ1v) is 9.21. The Morgan fingerprint density at radius 2 is 2.15 bits per heavy atom. The Bertz CT molecular complexity index is 938. The predicted molar refractivity (Wildman–Crippen MR) is 102 cm³/mol. The normalized spacial score (nSPS) is 15.7. The van der Waals surface area contributed by atoms with Crippen LogP contribution >= 0.6 is 0 Å². The lowest BCUT2D eigenvalue weighted by molar-refractivity contribution is 0.412. The summed E-state index contributed by atoms with van der Waals surface area (Å²) in [5.41, 5.74) is 2.34. The van der Waals surface area contributed by atoms with Crippen LogP contribution in [0.3, 0.4) is 0 Å². The lowest BCUT2D eigenvalue weighted by Crippen LogP contribution is -2.44. The highest BCUT2D eigenvalue weighted by molar-refractivity contribution is 5.81. The van der Waals surface area contributed by atoms with Gasteiger partial charge < -0.3 is 14.8 Å². The molecule has 26 heavy (non-hydrogen) atoms. The summed E-state index contributed by atoms with van der Waals surface area (Å²) < 4.78 is 1.71. The second kappa shape index (κ2) is 7.29. The van der Waals surface area contributed by atoms with Crippen LogP contribution in [0.2, 0.25) is 0 Å². The molecule has 1 aromatic carbocycles. The third-order valence-corrected chi connectivity index (χ3v) is 5.17. The largest absolute Gasteiger partial charge is 0.352 e. The fourth-order valence-electron chi connectivity index (χ4n) is 3.63. The molecule has 136 valence electrons. The number of piperidine rings is 1. The fraction of sp³-hybridized carbons (Fsp3) is 0.421. The first kappa shape index (κ1) is 16.8. The topological polar surface area (TPSA) is 78.8 Å². The Morgan fingerprint density at radius 3 is 2.96 bits per heavy atom. The molecule has 2 N–H and O–H groups in total. The van der Waals surface area contributed by atoms with Gasteiger partial charge in [0, 0.05) is 50.0 Å². The van der Waals surface area contributed by atoms with E-state index in [4.69, 9.17) is 0 Å². The van der Waals surface area contributed by atoms with Crippen LogP contribution in [-0.2, 0) is 13.1 Å². The van der Waals surface area contributed by atoms with Crippen molar-refractivity contribution in [3.63, 3.8) is 0 Å². The highest BCUT2D eigenvalue weighted by Gasteiger charge is 2.22.